The van der Waals surface area contributed by atoms with Crippen molar-refractivity contribution in [2.75, 3.05) is 6.61 Å². The van der Waals surface area contributed by atoms with Gasteiger partial charge in [-0.2, -0.15) is 5.10 Å². The summed E-state index contributed by atoms with van der Waals surface area (Å²) >= 11 is 3.48. The van der Waals surface area contributed by atoms with Crippen LogP contribution in [0, 0.1) is 0 Å². The molecule has 90 valence electrons. The molecule has 2 heterocycles. The number of hydrogen-bond acceptors (Lipinski definition) is 3. The van der Waals surface area contributed by atoms with Gasteiger partial charge in [0.2, 0.25) is 0 Å². The van der Waals surface area contributed by atoms with Crippen molar-refractivity contribution in [2.45, 2.75) is 45.6 Å². The Hall–Kier alpha value is -0.390. The summed E-state index contributed by atoms with van der Waals surface area (Å²) < 4.78 is 14.1. The van der Waals surface area contributed by atoms with Gasteiger partial charge in [0.05, 0.1) is 11.1 Å². The zero-order valence-corrected chi connectivity index (χ0v) is 11.1. The Labute approximate surface area is 104 Å². The van der Waals surface area contributed by atoms with Crippen molar-refractivity contribution >= 4 is 15.9 Å². The molecule has 4 nitrogen and oxygen atoms in total. The highest BCUT2D eigenvalue weighted by molar-refractivity contribution is 9.10. The van der Waals surface area contributed by atoms with Crippen LogP contribution in [0.3, 0.4) is 0 Å². The minimum atomic E-state index is -0.0487. The van der Waals surface area contributed by atoms with E-state index in [1.807, 2.05) is 10.9 Å². The molecular formula is C11H17BrN2O2. The van der Waals surface area contributed by atoms with Gasteiger partial charge in [0.25, 0.3) is 0 Å². The smallest absolute Gasteiger partial charge is 0.158 e. The lowest BCUT2D eigenvalue weighted by Crippen LogP contribution is -2.22. The van der Waals surface area contributed by atoms with Gasteiger partial charge in [-0.3, -0.25) is 4.68 Å². The molecule has 1 atom stereocenters. The van der Waals surface area contributed by atoms with E-state index in [1.54, 1.807) is 0 Å². The maximum atomic E-state index is 5.68. The predicted octanol–water partition coefficient (Wildman–Crippen LogP) is 2.71. The molecule has 2 rings (SSSR count). The second-order valence-corrected chi connectivity index (χ2v) is 4.74. The zero-order valence-electron chi connectivity index (χ0n) is 9.49. The Bertz CT molecular complexity index is 335. The molecule has 1 aromatic rings. The quantitative estimate of drug-likeness (QED) is 0.855. The summed E-state index contributed by atoms with van der Waals surface area (Å²) in [5.74, 6) is 0. The van der Waals surface area contributed by atoms with Gasteiger partial charge in [-0.05, 0) is 42.1 Å². The Morgan fingerprint density at radius 2 is 2.50 bits per heavy atom. The second kappa shape index (κ2) is 5.80. The van der Waals surface area contributed by atoms with Crippen LogP contribution >= 0.6 is 15.9 Å². The van der Waals surface area contributed by atoms with Crippen LogP contribution in [0.4, 0.5) is 0 Å². The SMILES string of the molecule is CCn1cc(Br)c(COC2CCCCO2)n1. The van der Waals surface area contributed by atoms with E-state index in [4.69, 9.17) is 9.47 Å². The number of halogens is 1. The van der Waals surface area contributed by atoms with Crippen molar-refractivity contribution in [3.63, 3.8) is 0 Å². The fraction of sp³-hybridized carbons (Fsp3) is 0.727. The van der Waals surface area contributed by atoms with Gasteiger partial charge in [-0.15, -0.1) is 0 Å². The van der Waals surface area contributed by atoms with Gasteiger partial charge in [0.15, 0.2) is 6.29 Å². The molecule has 0 aliphatic carbocycles. The fourth-order valence-electron chi connectivity index (χ4n) is 1.71. The van der Waals surface area contributed by atoms with E-state index in [0.29, 0.717) is 6.61 Å². The molecule has 1 saturated heterocycles. The average molecular weight is 289 g/mol. The monoisotopic (exact) mass is 288 g/mol. The molecule has 16 heavy (non-hydrogen) atoms. The topological polar surface area (TPSA) is 36.3 Å². The third-order valence-electron chi connectivity index (χ3n) is 2.66. The maximum Gasteiger partial charge on any atom is 0.158 e. The van der Waals surface area contributed by atoms with E-state index in [1.165, 1.54) is 6.42 Å². The molecule has 0 spiro atoms. The first kappa shape index (κ1) is 12.1. The Morgan fingerprint density at radius 1 is 1.62 bits per heavy atom. The normalized spacial score (nSPS) is 21.2. The summed E-state index contributed by atoms with van der Waals surface area (Å²) in [4.78, 5) is 0. The van der Waals surface area contributed by atoms with Crippen LogP contribution in [0.25, 0.3) is 0 Å². The molecule has 1 aromatic heterocycles. The van der Waals surface area contributed by atoms with Gasteiger partial charge >= 0.3 is 0 Å². The third-order valence-corrected chi connectivity index (χ3v) is 3.32. The first-order valence-electron chi connectivity index (χ1n) is 5.74. The lowest BCUT2D eigenvalue weighted by atomic mass is 10.2. The second-order valence-electron chi connectivity index (χ2n) is 3.89. The van der Waals surface area contributed by atoms with Crippen LogP contribution < -0.4 is 0 Å². The fourth-order valence-corrected chi connectivity index (χ4v) is 2.14. The molecule has 1 aliphatic heterocycles. The number of ether oxygens (including phenoxy) is 2. The summed E-state index contributed by atoms with van der Waals surface area (Å²) in [5.41, 5.74) is 0.941. The van der Waals surface area contributed by atoms with Crippen LogP contribution in [0.15, 0.2) is 10.7 Å². The van der Waals surface area contributed by atoms with Crippen molar-refractivity contribution in [3.8, 4) is 0 Å². The average Bonchev–Trinajstić information content (AvgIpc) is 2.69. The summed E-state index contributed by atoms with van der Waals surface area (Å²) in [5, 5.41) is 4.40. The molecule has 0 saturated carbocycles. The number of aromatic nitrogens is 2. The highest BCUT2D eigenvalue weighted by atomic mass is 79.9. The molecule has 1 fully saturated rings. The van der Waals surface area contributed by atoms with Gasteiger partial charge < -0.3 is 9.47 Å². The number of aryl methyl sites for hydroxylation is 1. The van der Waals surface area contributed by atoms with E-state index in [2.05, 4.69) is 28.0 Å². The van der Waals surface area contributed by atoms with Crippen LogP contribution in [0.1, 0.15) is 31.9 Å². The highest BCUT2D eigenvalue weighted by Crippen LogP contribution is 2.19. The summed E-state index contributed by atoms with van der Waals surface area (Å²) in [7, 11) is 0. The highest BCUT2D eigenvalue weighted by Gasteiger charge is 2.15. The van der Waals surface area contributed by atoms with E-state index >= 15 is 0 Å². The molecular weight excluding hydrogens is 272 g/mol. The number of nitrogens with zero attached hydrogens (tertiary/aromatic N) is 2. The van der Waals surface area contributed by atoms with Crippen molar-refractivity contribution in [3.05, 3.63) is 16.4 Å². The molecule has 0 bridgehead atoms. The molecule has 0 aromatic carbocycles. The Morgan fingerprint density at radius 3 is 3.12 bits per heavy atom. The van der Waals surface area contributed by atoms with Gasteiger partial charge in [-0.25, -0.2) is 0 Å². The lowest BCUT2D eigenvalue weighted by molar-refractivity contribution is -0.169. The molecule has 0 radical (unpaired) electrons. The zero-order chi connectivity index (χ0) is 11.4. The minimum Gasteiger partial charge on any atom is -0.353 e. The van der Waals surface area contributed by atoms with Crippen LogP contribution in [-0.4, -0.2) is 22.7 Å². The largest absolute Gasteiger partial charge is 0.353 e. The van der Waals surface area contributed by atoms with E-state index in [-0.39, 0.29) is 6.29 Å². The summed E-state index contributed by atoms with van der Waals surface area (Å²) in [6, 6.07) is 0. The van der Waals surface area contributed by atoms with Crippen molar-refractivity contribution in [1.82, 2.24) is 9.78 Å². The molecule has 0 amide bonds. The van der Waals surface area contributed by atoms with Crippen molar-refractivity contribution in [1.29, 1.82) is 0 Å². The predicted molar refractivity (Wildman–Crippen MR) is 64.0 cm³/mol. The Kier molecular flexibility index (Phi) is 4.37. The van der Waals surface area contributed by atoms with Crippen molar-refractivity contribution < 1.29 is 9.47 Å². The Balaban J connectivity index is 1.85. The number of rotatable bonds is 4. The number of hydrogen-bond donors (Lipinski definition) is 0. The van der Waals surface area contributed by atoms with Crippen molar-refractivity contribution in [2.24, 2.45) is 0 Å². The molecule has 1 aliphatic rings. The van der Waals surface area contributed by atoms with Gasteiger partial charge in [0, 0.05) is 19.3 Å². The standard InChI is InChI=1S/C11H17BrN2O2/c1-2-14-7-9(12)10(13-14)8-16-11-5-3-4-6-15-11/h7,11H,2-6,8H2,1H3. The van der Waals surface area contributed by atoms with Crippen LogP contribution in [-0.2, 0) is 22.6 Å². The van der Waals surface area contributed by atoms with E-state index in [9.17, 15) is 0 Å². The minimum absolute atomic E-state index is 0.0487. The molecule has 1 unspecified atom stereocenters. The van der Waals surface area contributed by atoms with E-state index in [0.717, 1.165) is 36.2 Å². The van der Waals surface area contributed by atoms with Crippen LogP contribution in [0.2, 0.25) is 0 Å². The maximum absolute atomic E-state index is 5.68. The first-order valence-corrected chi connectivity index (χ1v) is 6.54. The third kappa shape index (κ3) is 3.06. The van der Waals surface area contributed by atoms with Gasteiger partial charge in [-0.1, -0.05) is 0 Å². The van der Waals surface area contributed by atoms with E-state index < -0.39 is 0 Å². The summed E-state index contributed by atoms with van der Waals surface area (Å²) in [6.45, 7) is 4.26. The first-order chi connectivity index (χ1) is 7.79. The van der Waals surface area contributed by atoms with Gasteiger partial charge in [0.1, 0.15) is 5.69 Å². The summed E-state index contributed by atoms with van der Waals surface area (Å²) in [6.07, 6.45) is 5.25. The van der Waals surface area contributed by atoms with Crippen LogP contribution in [0.5, 0.6) is 0 Å². The molecule has 5 heteroatoms. The lowest BCUT2D eigenvalue weighted by Gasteiger charge is -2.22. The molecule has 0 N–H and O–H groups in total.